The lowest BCUT2D eigenvalue weighted by Gasteiger charge is -2.31. The number of hydrogen-bond acceptors (Lipinski definition) is 7. The zero-order valence-electron chi connectivity index (χ0n) is 13.4. The maximum Gasteiger partial charge on any atom is 0.339 e. The summed E-state index contributed by atoms with van der Waals surface area (Å²) in [7, 11) is 1.23. The highest BCUT2D eigenvalue weighted by atomic mass is 16.6. The van der Waals surface area contributed by atoms with Gasteiger partial charge in [-0.3, -0.25) is 10.1 Å². The molecule has 1 aliphatic heterocycles. The number of hydrogen-bond donors (Lipinski definition) is 1. The van der Waals surface area contributed by atoms with Crippen molar-refractivity contribution in [3.8, 4) is 0 Å². The number of likely N-dealkylation sites (tertiary alicyclic amines) is 1. The Kier molecular flexibility index (Phi) is 5.86. The number of anilines is 1. The normalized spacial score (nSPS) is 18.4. The number of esters is 1. The molecule has 1 fully saturated rings. The molecule has 1 atom stereocenters. The number of pyridine rings is 1. The first-order valence-electron chi connectivity index (χ1n) is 7.74. The number of ether oxygens (including phenoxy) is 1. The van der Waals surface area contributed by atoms with Gasteiger partial charge in [0.05, 0.1) is 17.6 Å². The highest BCUT2D eigenvalue weighted by Gasteiger charge is 2.22. The summed E-state index contributed by atoms with van der Waals surface area (Å²) in [5, 5.41) is 14.3. The lowest BCUT2D eigenvalue weighted by atomic mass is 9.98. The first-order valence-corrected chi connectivity index (χ1v) is 7.74. The number of nitrogens with one attached hydrogen (secondary N) is 1. The van der Waals surface area contributed by atoms with Crippen LogP contribution in [0.3, 0.4) is 0 Å². The van der Waals surface area contributed by atoms with E-state index in [0.29, 0.717) is 12.5 Å². The van der Waals surface area contributed by atoms with Crippen LogP contribution in [0.15, 0.2) is 12.3 Å². The van der Waals surface area contributed by atoms with Crippen LogP contribution in [0.2, 0.25) is 0 Å². The van der Waals surface area contributed by atoms with E-state index < -0.39 is 10.9 Å². The van der Waals surface area contributed by atoms with Gasteiger partial charge in [0.15, 0.2) is 0 Å². The van der Waals surface area contributed by atoms with Crippen LogP contribution in [0.1, 0.15) is 30.1 Å². The predicted molar refractivity (Wildman–Crippen MR) is 85.6 cm³/mol. The third-order valence-electron chi connectivity index (χ3n) is 4.09. The number of methoxy groups -OCH3 is 1. The average molecular weight is 322 g/mol. The fourth-order valence-corrected chi connectivity index (χ4v) is 2.80. The minimum Gasteiger partial charge on any atom is -0.465 e. The van der Waals surface area contributed by atoms with E-state index in [1.54, 1.807) is 0 Å². The minimum absolute atomic E-state index is 0.0691. The third-order valence-corrected chi connectivity index (χ3v) is 4.09. The average Bonchev–Trinajstić information content (AvgIpc) is 2.59. The van der Waals surface area contributed by atoms with Crippen LogP contribution in [0, 0.1) is 16.0 Å². The lowest BCUT2D eigenvalue weighted by Crippen LogP contribution is -2.37. The number of nitrogens with zero attached hydrogens (tertiary/aromatic N) is 3. The van der Waals surface area contributed by atoms with Crippen molar-refractivity contribution in [3.63, 3.8) is 0 Å². The number of aromatic nitrogens is 1. The van der Waals surface area contributed by atoms with Crippen LogP contribution in [0.4, 0.5) is 11.5 Å². The Balaban J connectivity index is 2.07. The van der Waals surface area contributed by atoms with Crippen molar-refractivity contribution >= 4 is 17.5 Å². The maximum atomic E-state index is 11.5. The SMILES string of the molecule is CCN1CCCC(CNc2ncc(C(=O)OC)cc2[N+](=O)[O-])C1. The summed E-state index contributed by atoms with van der Waals surface area (Å²) >= 11 is 0. The largest absolute Gasteiger partial charge is 0.465 e. The Morgan fingerprint density at radius 2 is 2.39 bits per heavy atom. The smallest absolute Gasteiger partial charge is 0.339 e. The van der Waals surface area contributed by atoms with Gasteiger partial charge in [-0.05, 0) is 31.8 Å². The van der Waals surface area contributed by atoms with E-state index >= 15 is 0 Å². The first-order chi connectivity index (χ1) is 11.0. The van der Waals surface area contributed by atoms with Crippen molar-refractivity contribution < 1.29 is 14.5 Å². The van der Waals surface area contributed by atoms with Crippen molar-refractivity contribution in [2.75, 3.05) is 38.6 Å². The van der Waals surface area contributed by atoms with Crippen LogP contribution in [-0.4, -0.2) is 54.1 Å². The molecule has 2 rings (SSSR count). The van der Waals surface area contributed by atoms with E-state index in [2.05, 4.69) is 26.9 Å². The van der Waals surface area contributed by atoms with E-state index in [0.717, 1.165) is 32.5 Å². The number of rotatable bonds is 6. The molecule has 1 N–H and O–H groups in total. The first kappa shape index (κ1) is 17.1. The molecule has 0 bridgehead atoms. The molecule has 8 nitrogen and oxygen atoms in total. The molecule has 0 aromatic carbocycles. The molecule has 1 aromatic heterocycles. The molecular weight excluding hydrogens is 300 g/mol. The second-order valence-electron chi connectivity index (χ2n) is 5.62. The molecule has 126 valence electrons. The zero-order valence-corrected chi connectivity index (χ0v) is 13.4. The quantitative estimate of drug-likeness (QED) is 0.485. The molecule has 1 saturated heterocycles. The van der Waals surface area contributed by atoms with Crippen LogP contribution in [-0.2, 0) is 4.74 Å². The fourth-order valence-electron chi connectivity index (χ4n) is 2.80. The van der Waals surface area contributed by atoms with Gasteiger partial charge in [0.1, 0.15) is 0 Å². The van der Waals surface area contributed by atoms with Gasteiger partial charge in [-0.1, -0.05) is 6.92 Å². The molecule has 0 aliphatic carbocycles. The topological polar surface area (TPSA) is 97.6 Å². The molecule has 1 aromatic rings. The van der Waals surface area contributed by atoms with E-state index in [9.17, 15) is 14.9 Å². The summed E-state index contributed by atoms with van der Waals surface area (Å²) < 4.78 is 4.56. The summed E-state index contributed by atoms with van der Waals surface area (Å²) in [6.45, 7) is 5.87. The number of nitro groups is 1. The van der Waals surface area contributed by atoms with Gasteiger partial charge >= 0.3 is 11.7 Å². The molecular formula is C15H22N4O4. The van der Waals surface area contributed by atoms with Crippen molar-refractivity contribution in [1.29, 1.82) is 0 Å². The fraction of sp³-hybridized carbons (Fsp3) is 0.600. The van der Waals surface area contributed by atoms with E-state index in [4.69, 9.17) is 0 Å². The lowest BCUT2D eigenvalue weighted by molar-refractivity contribution is -0.384. The monoisotopic (exact) mass is 322 g/mol. The van der Waals surface area contributed by atoms with Gasteiger partial charge < -0.3 is 15.0 Å². The molecule has 23 heavy (non-hydrogen) atoms. The Labute approximate surface area is 135 Å². The van der Waals surface area contributed by atoms with Gasteiger partial charge in [0, 0.05) is 25.4 Å². The van der Waals surface area contributed by atoms with Crippen molar-refractivity contribution in [2.24, 2.45) is 5.92 Å². The van der Waals surface area contributed by atoms with E-state index in [1.165, 1.54) is 19.4 Å². The van der Waals surface area contributed by atoms with Crippen molar-refractivity contribution in [1.82, 2.24) is 9.88 Å². The van der Waals surface area contributed by atoms with Gasteiger partial charge in [0.2, 0.25) is 5.82 Å². The van der Waals surface area contributed by atoms with Crippen molar-refractivity contribution in [3.05, 3.63) is 27.9 Å². The highest BCUT2D eigenvalue weighted by Crippen LogP contribution is 2.24. The van der Waals surface area contributed by atoms with E-state index in [1.807, 2.05) is 0 Å². The van der Waals surface area contributed by atoms with Crippen molar-refractivity contribution in [2.45, 2.75) is 19.8 Å². The standard InChI is InChI=1S/C15H22N4O4/c1-3-18-6-4-5-11(10-18)8-16-14-13(19(21)22)7-12(9-17-14)15(20)23-2/h7,9,11H,3-6,8,10H2,1-2H3,(H,16,17). The van der Waals surface area contributed by atoms with Crippen LogP contribution in [0.5, 0.6) is 0 Å². The third kappa shape index (κ3) is 4.38. The van der Waals surface area contributed by atoms with Crippen LogP contribution < -0.4 is 5.32 Å². The van der Waals surface area contributed by atoms with Gasteiger partial charge in [-0.25, -0.2) is 9.78 Å². The predicted octanol–water partition coefficient (Wildman–Crippen LogP) is 1.92. The zero-order chi connectivity index (χ0) is 16.8. The van der Waals surface area contributed by atoms with Crippen LogP contribution in [0.25, 0.3) is 0 Å². The molecule has 8 heteroatoms. The molecule has 0 radical (unpaired) electrons. The summed E-state index contributed by atoms with van der Waals surface area (Å²) in [6, 6.07) is 1.19. The summed E-state index contributed by atoms with van der Waals surface area (Å²) in [5.74, 6) is -0.0142. The summed E-state index contributed by atoms with van der Waals surface area (Å²) in [4.78, 5) is 28.5. The highest BCUT2D eigenvalue weighted by molar-refractivity contribution is 5.90. The molecule has 1 unspecified atom stereocenters. The second-order valence-corrected chi connectivity index (χ2v) is 5.62. The summed E-state index contributed by atoms with van der Waals surface area (Å²) in [6.07, 6.45) is 3.52. The maximum absolute atomic E-state index is 11.5. The Hall–Kier alpha value is -2.22. The molecule has 2 heterocycles. The Morgan fingerprint density at radius 1 is 1.61 bits per heavy atom. The molecule has 0 saturated carbocycles. The second kappa shape index (κ2) is 7.87. The van der Waals surface area contributed by atoms with E-state index in [-0.39, 0.29) is 17.1 Å². The Bertz CT molecular complexity index is 579. The Morgan fingerprint density at radius 3 is 3.04 bits per heavy atom. The molecule has 0 amide bonds. The van der Waals surface area contributed by atoms with Gasteiger partial charge in [0.25, 0.3) is 0 Å². The minimum atomic E-state index is -0.641. The number of piperidine rings is 1. The van der Waals surface area contributed by atoms with Gasteiger partial charge in [-0.2, -0.15) is 0 Å². The number of carbonyl (C=O) groups excluding carboxylic acids is 1. The molecule has 0 spiro atoms. The van der Waals surface area contributed by atoms with Gasteiger partial charge in [-0.15, -0.1) is 0 Å². The van der Waals surface area contributed by atoms with Crippen LogP contribution >= 0.6 is 0 Å². The summed E-state index contributed by atoms with van der Waals surface area (Å²) in [5.41, 5.74) is -0.143. The number of carbonyl (C=O) groups is 1. The molecule has 1 aliphatic rings.